The van der Waals surface area contributed by atoms with Crippen LogP contribution in [-0.2, 0) is 16.0 Å². The average molecular weight is 434 g/mol. The van der Waals surface area contributed by atoms with Gasteiger partial charge in [-0.2, -0.15) is 0 Å². The van der Waals surface area contributed by atoms with Crippen molar-refractivity contribution in [3.05, 3.63) is 29.8 Å². The molecule has 0 aromatic heterocycles. The van der Waals surface area contributed by atoms with E-state index in [1.807, 2.05) is 31.2 Å². The van der Waals surface area contributed by atoms with E-state index in [9.17, 15) is 4.79 Å². The van der Waals surface area contributed by atoms with Crippen molar-refractivity contribution in [2.24, 2.45) is 10.7 Å². The molecule has 0 atom stereocenters. The zero-order valence-electron chi connectivity index (χ0n) is 18.4. The molecule has 9 heteroatoms. The number of piperidine rings is 1. The number of ether oxygens (including phenoxy) is 3. The van der Waals surface area contributed by atoms with Gasteiger partial charge < -0.3 is 30.2 Å². The van der Waals surface area contributed by atoms with Crippen molar-refractivity contribution in [3.8, 4) is 5.75 Å². The molecule has 1 aromatic rings. The van der Waals surface area contributed by atoms with Crippen LogP contribution in [0.2, 0.25) is 0 Å². The molecule has 172 valence electrons. The zero-order chi connectivity index (χ0) is 21.9. The maximum Gasteiger partial charge on any atom is 0.409 e. The second-order valence-electron chi connectivity index (χ2n) is 7.72. The number of carbonyl (C=O) groups is 1. The van der Waals surface area contributed by atoms with Crippen molar-refractivity contribution in [1.82, 2.24) is 15.1 Å². The summed E-state index contributed by atoms with van der Waals surface area (Å²) in [6.45, 7) is 8.99. The minimum atomic E-state index is -0.243. The molecule has 2 heterocycles. The Hall–Kier alpha value is -2.52. The van der Waals surface area contributed by atoms with Crippen LogP contribution in [0.3, 0.4) is 0 Å². The third-order valence-electron chi connectivity index (χ3n) is 5.53. The van der Waals surface area contributed by atoms with Crippen LogP contribution >= 0.6 is 0 Å². The van der Waals surface area contributed by atoms with Gasteiger partial charge in [0.1, 0.15) is 12.4 Å². The molecular formula is C22H35N5O4. The molecule has 0 bridgehead atoms. The third kappa shape index (κ3) is 7.59. The van der Waals surface area contributed by atoms with Crippen molar-refractivity contribution in [3.63, 3.8) is 0 Å². The number of likely N-dealkylation sites (tertiary alicyclic amines) is 1. The van der Waals surface area contributed by atoms with Crippen LogP contribution < -0.4 is 15.8 Å². The van der Waals surface area contributed by atoms with Crippen LogP contribution in [0.25, 0.3) is 0 Å². The number of nitrogens with zero attached hydrogens (tertiary/aromatic N) is 3. The number of benzene rings is 1. The fraction of sp³-hybridized carbons (Fsp3) is 0.636. The SMILES string of the molecule is CCOC(=O)N1CCC(NC(N)=NCc2ccccc2OCCN2CCOCC2)CC1. The van der Waals surface area contributed by atoms with E-state index in [0.29, 0.717) is 38.8 Å². The molecule has 0 spiro atoms. The second-order valence-corrected chi connectivity index (χ2v) is 7.72. The van der Waals surface area contributed by atoms with E-state index in [1.54, 1.807) is 4.90 Å². The number of hydrogen-bond donors (Lipinski definition) is 2. The topological polar surface area (TPSA) is 102 Å². The minimum absolute atomic E-state index is 0.203. The van der Waals surface area contributed by atoms with Crippen LogP contribution in [0.1, 0.15) is 25.3 Å². The Balaban J connectivity index is 1.43. The summed E-state index contributed by atoms with van der Waals surface area (Å²) in [4.78, 5) is 20.4. The summed E-state index contributed by atoms with van der Waals surface area (Å²) >= 11 is 0. The van der Waals surface area contributed by atoms with Gasteiger partial charge >= 0.3 is 6.09 Å². The number of nitrogens with one attached hydrogen (secondary N) is 1. The quantitative estimate of drug-likeness (QED) is 0.472. The van der Waals surface area contributed by atoms with Crippen LogP contribution in [0.4, 0.5) is 4.79 Å². The molecule has 1 aromatic carbocycles. The summed E-state index contributed by atoms with van der Waals surface area (Å²) in [5.41, 5.74) is 7.12. The van der Waals surface area contributed by atoms with Gasteiger partial charge in [0, 0.05) is 44.3 Å². The summed E-state index contributed by atoms with van der Waals surface area (Å²) in [5.74, 6) is 1.26. The fourth-order valence-corrected chi connectivity index (χ4v) is 3.73. The molecule has 0 aliphatic carbocycles. The Morgan fingerprint density at radius 3 is 2.71 bits per heavy atom. The van der Waals surface area contributed by atoms with Gasteiger partial charge in [-0.05, 0) is 25.8 Å². The van der Waals surface area contributed by atoms with E-state index in [0.717, 1.165) is 57.0 Å². The number of rotatable bonds is 8. The summed E-state index contributed by atoms with van der Waals surface area (Å²) in [6, 6.07) is 8.14. The van der Waals surface area contributed by atoms with Crippen LogP contribution in [0, 0.1) is 0 Å². The van der Waals surface area contributed by atoms with Gasteiger partial charge in [-0.1, -0.05) is 18.2 Å². The van der Waals surface area contributed by atoms with Crippen molar-refractivity contribution in [2.75, 3.05) is 59.2 Å². The first-order valence-corrected chi connectivity index (χ1v) is 11.1. The number of amides is 1. The molecule has 9 nitrogen and oxygen atoms in total. The molecule has 2 aliphatic heterocycles. The predicted molar refractivity (Wildman–Crippen MR) is 119 cm³/mol. The summed E-state index contributed by atoms with van der Waals surface area (Å²) in [7, 11) is 0. The van der Waals surface area contributed by atoms with Crippen LogP contribution in [0.5, 0.6) is 5.75 Å². The van der Waals surface area contributed by atoms with Crippen molar-refractivity contribution < 1.29 is 19.0 Å². The number of guanidine groups is 1. The zero-order valence-corrected chi connectivity index (χ0v) is 18.4. The molecule has 2 saturated heterocycles. The predicted octanol–water partition coefficient (Wildman–Crippen LogP) is 1.42. The minimum Gasteiger partial charge on any atom is -0.492 e. The van der Waals surface area contributed by atoms with Crippen LogP contribution in [-0.4, -0.2) is 87.0 Å². The highest BCUT2D eigenvalue weighted by Gasteiger charge is 2.23. The van der Waals surface area contributed by atoms with E-state index in [4.69, 9.17) is 19.9 Å². The van der Waals surface area contributed by atoms with Gasteiger partial charge in [0.25, 0.3) is 0 Å². The molecule has 3 rings (SSSR count). The molecule has 0 saturated carbocycles. The summed E-state index contributed by atoms with van der Waals surface area (Å²) < 4.78 is 16.5. The first-order valence-electron chi connectivity index (χ1n) is 11.1. The lowest BCUT2D eigenvalue weighted by atomic mass is 10.1. The number of para-hydroxylation sites is 1. The van der Waals surface area contributed by atoms with E-state index in [2.05, 4.69) is 15.2 Å². The van der Waals surface area contributed by atoms with E-state index < -0.39 is 0 Å². The largest absolute Gasteiger partial charge is 0.492 e. The molecule has 0 unspecified atom stereocenters. The lowest BCUT2D eigenvalue weighted by molar-refractivity contribution is 0.0322. The Labute approximate surface area is 184 Å². The molecular weight excluding hydrogens is 398 g/mol. The number of morpholine rings is 1. The normalized spacial score (nSPS) is 18.6. The number of nitrogens with two attached hydrogens (primary N) is 1. The van der Waals surface area contributed by atoms with Gasteiger partial charge in [0.15, 0.2) is 5.96 Å². The summed E-state index contributed by atoms with van der Waals surface area (Å²) in [5, 5.41) is 3.28. The van der Waals surface area contributed by atoms with Crippen molar-refractivity contribution in [1.29, 1.82) is 0 Å². The van der Waals surface area contributed by atoms with Gasteiger partial charge in [-0.15, -0.1) is 0 Å². The highest BCUT2D eigenvalue weighted by Crippen LogP contribution is 2.19. The van der Waals surface area contributed by atoms with Gasteiger partial charge in [0.05, 0.1) is 26.4 Å². The smallest absolute Gasteiger partial charge is 0.409 e. The first kappa shape index (κ1) is 23.1. The van der Waals surface area contributed by atoms with E-state index in [-0.39, 0.29) is 12.1 Å². The highest BCUT2D eigenvalue weighted by molar-refractivity contribution is 5.78. The summed E-state index contributed by atoms with van der Waals surface area (Å²) in [6.07, 6.45) is 1.39. The molecule has 3 N–H and O–H groups in total. The molecule has 2 aliphatic rings. The van der Waals surface area contributed by atoms with Crippen molar-refractivity contribution in [2.45, 2.75) is 32.4 Å². The average Bonchev–Trinajstić information content (AvgIpc) is 2.80. The maximum absolute atomic E-state index is 11.8. The number of hydrogen-bond acceptors (Lipinski definition) is 6. The number of carbonyl (C=O) groups excluding carboxylic acids is 1. The Kier molecular flexibility index (Phi) is 9.23. The number of aliphatic imine (C=N–C) groups is 1. The molecule has 0 radical (unpaired) electrons. The third-order valence-corrected chi connectivity index (χ3v) is 5.53. The standard InChI is InChI=1S/C22H35N5O4/c1-2-30-22(28)27-9-7-19(8-10-27)25-21(23)24-17-18-5-3-4-6-20(18)31-16-13-26-11-14-29-15-12-26/h3-6,19H,2,7-17H2,1H3,(H3,23,24,25). The first-order chi connectivity index (χ1) is 15.2. The van der Waals surface area contributed by atoms with Crippen LogP contribution in [0.15, 0.2) is 29.3 Å². The maximum atomic E-state index is 11.8. The Morgan fingerprint density at radius 1 is 1.23 bits per heavy atom. The van der Waals surface area contributed by atoms with Gasteiger partial charge in [-0.3, -0.25) is 4.90 Å². The second kappa shape index (κ2) is 12.4. The van der Waals surface area contributed by atoms with Crippen molar-refractivity contribution >= 4 is 12.1 Å². The van der Waals surface area contributed by atoms with E-state index >= 15 is 0 Å². The van der Waals surface area contributed by atoms with Gasteiger partial charge in [-0.25, -0.2) is 9.79 Å². The monoisotopic (exact) mass is 433 g/mol. The molecule has 31 heavy (non-hydrogen) atoms. The Morgan fingerprint density at radius 2 is 1.97 bits per heavy atom. The molecule has 1 amide bonds. The lowest BCUT2D eigenvalue weighted by Crippen LogP contribution is -2.48. The fourth-order valence-electron chi connectivity index (χ4n) is 3.73. The van der Waals surface area contributed by atoms with E-state index in [1.165, 1.54) is 0 Å². The van der Waals surface area contributed by atoms with Gasteiger partial charge in [0.2, 0.25) is 0 Å². The highest BCUT2D eigenvalue weighted by atomic mass is 16.6. The Bertz CT molecular complexity index is 716. The molecule has 2 fully saturated rings. The lowest BCUT2D eigenvalue weighted by Gasteiger charge is -2.31.